The molecule has 0 radical (unpaired) electrons. The molecule has 0 heterocycles. The van der Waals surface area contributed by atoms with Crippen LogP contribution in [0.25, 0.3) is 0 Å². The fraction of sp³-hybridized carbons (Fsp3) is 0.533. The summed E-state index contributed by atoms with van der Waals surface area (Å²) in [5.74, 6) is 1.25. The van der Waals surface area contributed by atoms with Gasteiger partial charge in [0.15, 0.2) is 0 Å². The lowest BCUT2D eigenvalue weighted by Crippen LogP contribution is -2.19. The Hall–Kier alpha value is -1.55. The lowest BCUT2D eigenvalue weighted by molar-refractivity contribution is -0.116. The van der Waals surface area contributed by atoms with Crippen LogP contribution in [0.15, 0.2) is 12.1 Å². The molecule has 2 N–H and O–H groups in total. The molecular weight excluding hydrogens is 240 g/mol. The van der Waals surface area contributed by atoms with E-state index in [0.29, 0.717) is 18.9 Å². The van der Waals surface area contributed by atoms with Crippen molar-refractivity contribution in [2.45, 2.75) is 33.1 Å². The van der Waals surface area contributed by atoms with Crippen LogP contribution in [0.4, 0.5) is 5.69 Å². The number of carbonyl (C=O) groups is 1. The summed E-state index contributed by atoms with van der Waals surface area (Å²) in [6, 6.07) is 3.99. The van der Waals surface area contributed by atoms with Crippen LogP contribution in [0, 0.1) is 6.92 Å². The lowest BCUT2D eigenvalue weighted by atomic mass is 9.99. The molecule has 19 heavy (non-hydrogen) atoms. The van der Waals surface area contributed by atoms with Gasteiger partial charge in [-0.1, -0.05) is 13.8 Å². The van der Waals surface area contributed by atoms with Gasteiger partial charge in [0.1, 0.15) is 5.75 Å². The zero-order valence-corrected chi connectivity index (χ0v) is 12.5. The molecule has 1 amide bonds. The zero-order chi connectivity index (χ0) is 14.4. The second-order valence-electron chi connectivity index (χ2n) is 4.97. The van der Waals surface area contributed by atoms with Crippen molar-refractivity contribution >= 4 is 11.6 Å². The number of hydrogen-bond acceptors (Lipinski definition) is 3. The van der Waals surface area contributed by atoms with Crippen LogP contribution in [0.5, 0.6) is 5.75 Å². The van der Waals surface area contributed by atoms with Gasteiger partial charge in [0.2, 0.25) is 5.91 Å². The van der Waals surface area contributed by atoms with E-state index in [1.807, 2.05) is 26.1 Å². The Kier molecular flexibility index (Phi) is 5.83. The third-order valence-corrected chi connectivity index (χ3v) is 3.07. The maximum atomic E-state index is 11.8. The third kappa shape index (κ3) is 4.24. The molecule has 1 aromatic rings. The maximum absolute atomic E-state index is 11.8. The van der Waals surface area contributed by atoms with Crippen molar-refractivity contribution in [1.82, 2.24) is 5.32 Å². The van der Waals surface area contributed by atoms with Crippen LogP contribution in [0.3, 0.4) is 0 Å². The number of anilines is 1. The highest BCUT2D eigenvalue weighted by atomic mass is 16.5. The standard InChI is InChI=1S/C15H24N2O2/c1-10(2)12-9-13(11(3)8-14(12)19-5)17-15(18)6-7-16-4/h8-10,16H,6-7H2,1-5H3,(H,17,18). The van der Waals surface area contributed by atoms with Crippen LogP contribution in [-0.2, 0) is 4.79 Å². The third-order valence-electron chi connectivity index (χ3n) is 3.07. The van der Waals surface area contributed by atoms with Gasteiger partial charge in [0.25, 0.3) is 0 Å². The number of rotatable bonds is 6. The van der Waals surface area contributed by atoms with E-state index in [4.69, 9.17) is 4.74 Å². The van der Waals surface area contributed by atoms with Gasteiger partial charge in [0, 0.05) is 18.7 Å². The number of benzene rings is 1. The first-order valence-electron chi connectivity index (χ1n) is 6.62. The summed E-state index contributed by atoms with van der Waals surface area (Å²) in [6.45, 7) is 6.87. The van der Waals surface area contributed by atoms with E-state index in [9.17, 15) is 4.79 Å². The molecule has 0 atom stereocenters. The van der Waals surface area contributed by atoms with Gasteiger partial charge in [-0.25, -0.2) is 0 Å². The van der Waals surface area contributed by atoms with E-state index in [-0.39, 0.29) is 5.91 Å². The van der Waals surface area contributed by atoms with Crippen molar-refractivity contribution in [3.05, 3.63) is 23.3 Å². The number of aryl methyl sites for hydroxylation is 1. The normalized spacial score (nSPS) is 10.6. The van der Waals surface area contributed by atoms with Crippen LogP contribution in [0.1, 0.15) is 37.3 Å². The maximum Gasteiger partial charge on any atom is 0.225 e. The number of amides is 1. The van der Waals surface area contributed by atoms with E-state index < -0.39 is 0 Å². The minimum Gasteiger partial charge on any atom is -0.496 e. The Morgan fingerprint density at radius 2 is 2.05 bits per heavy atom. The van der Waals surface area contributed by atoms with Gasteiger partial charge in [-0.15, -0.1) is 0 Å². The highest BCUT2D eigenvalue weighted by Crippen LogP contribution is 2.31. The summed E-state index contributed by atoms with van der Waals surface area (Å²) in [6.07, 6.45) is 0.471. The monoisotopic (exact) mass is 264 g/mol. The highest BCUT2D eigenvalue weighted by molar-refractivity contribution is 5.91. The number of nitrogens with one attached hydrogen (secondary N) is 2. The van der Waals surface area contributed by atoms with Crippen molar-refractivity contribution in [3.8, 4) is 5.75 Å². The SMILES string of the molecule is CNCCC(=O)Nc1cc(C(C)C)c(OC)cc1C. The lowest BCUT2D eigenvalue weighted by Gasteiger charge is -2.16. The van der Waals surface area contributed by atoms with E-state index in [0.717, 1.165) is 22.6 Å². The smallest absolute Gasteiger partial charge is 0.225 e. The Morgan fingerprint density at radius 1 is 1.37 bits per heavy atom. The molecule has 1 rings (SSSR count). The van der Waals surface area contributed by atoms with Crippen LogP contribution < -0.4 is 15.4 Å². The topological polar surface area (TPSA) is 50.4 Å². The Morgan fingerprint density at radius 3 is 2.58 bits per heavy atom. The number of methoxy groups -OCH3 is 1. The molecule has 4 heteroatoms. The van der Waals surface area contributed by atoms with Gasteiger partial charge < -0.3 is 15.4 Å². The summed E-state index contributed by atoms with van der Waals surface area (Å²) >= 11 is 0. The molecule has 0 aliphatic rings. The first kappa shape index (κ1) is 15.5. The van der Waals surface area contributed by atoms with Gasteiger partial charge in [-0.05, 0) is 43.1 Å². The van der Waals surface area contributed by atoms with Crippen molar-refractivity contribution < 1.29 is 9.53 Å². The molecule has 0 saturated heterocycles. The van der Waals surface area contributed by atoms with Crippen molar-refractivity contribution in [1.29, 1.82) is 0 Å². The second-order valence-corrected chi connectivity index (χ2v) is 4.97. The largest absolute Gasteiger partial charge is 0.496 e. The molecule has 0 unspecified atom stereocenters. The molecule has 106 valence electrons. The Labute approximate surface area is 115 Å². The van der Waals surface area contributed by atoms with E-state index >= 15 is 0 Å². The average Bonchev–Trinajstić information content (AvgIpc) is 2.37. The van der Waals surface area contributed by atoms with E-state index in [2.05, 4.69) is 24.5 Å². The molecule has 0 aliphatic heterocycles. The summed E-state index contributed by atoms with van der Waals surface area (Å²) in [5, 5.41) is 5.92. The minimum atomic E-state index is 0.0253. The number of hydrogen-bond donors (Lipinski definition) is 2. The van der Waals surface area contributed by atoms with Gasteiger partial charge in [-0.3, -0.25) is 4.79 Å². The molecule has 0 bridgehead atoms. The first-order chi connectivity index (χ1) is 8.99. The van der Waals surface area contributed by atoms with Crippen molar-refractivity contribution in [3.63, 3.8) is 0 Å². The highest BCUT2D eigenvalue weighted by Gasteiger charge is 2.12. The quantitative estimate of drug-likeness (QED) is 0.830. The zero-order valence-electron chi connectivity index (χ0n) is 12.5. The number of ether oxygens (including phenoxy) is 1. The second kappa shape index (κ2) is 7.14. The van der Waals surface area contributed by atoms with Crippen LogP contribution >= 0.6 is 0 Å². The predicted octanol–water partition coefficient (Wildman–Crippen LogP) is 2.68. The summed E-state index contributed by atoms with van der Waals surface area (Å²) in [7, 11) is 3.51. The molecular formula is C15H24N2O2. The minimum absolute atomic E-state index is 0.0253. The van der Waals surface area contributed by atoms with E-state index in [1.54, 1.807) is 7.11 Å². The first-order valence-corrected chi connectivity index (χ1v) is 6.62. The van der Waals surface area contributed by atoms with Gasteiger partial charge in [0.05, 0.1) is 7.11 Å². The van der Waals surface area contributed by atoms with Crippen LogP contribution in [0.2, 0.25) is 0 Å². The van der Waals surface area contributed by atoms with Crippen molar-refractivity contribution in [2.75, 3.05) is 26.0 Å². The van der Waals surface area contributed by atoms with E-state index in [1.165, 1.54) is 0 Å². The number of carbonyl (C=O) groups excluding carboxylic acids is 1. The predicted molar refractivity (Wildman–Crippen MR) is 79.0 cm³/mol. The van der Waals surface area contributed by atoms with Gasteiger partial charge in [-0.2, -0.15) is 0 Å². The average molecular weight is 264 g/mol. The molecule has 0 fully saturated rings. The van der Waals surface area contributed by atoms with Gasteiger partial charge >= 0.3 is 0 Å². The Balaban J connectivity index is 2.95. The Bertz CT molecular complexity index is 442. The summed E-state index contributed by atoms with van der Waals surface area (Å²) in [4.78, 5) is 11.8. The van der Waals surface area contributed by atoms with Crippen molar-refractivity contribution in [2.24, 2.45) is 0 Å². The molecule has 0 saturated carbocycles. The summed E-state index contributed by atoms with van der Waals surface area (Å²) < 4.78 is 5.39. The molecule has 0 spiro atoms. The molecule has 4 nitrogen and oxygen atoms in total. The van der Waals surface area contributed by atoms with Crippen LogP contribution in [-0.4, -0.2) is 26.6 Å². The fourth-order valence-electron chi connectivity index (χ4n) is 1.91. The molecule has 1 aromatic carbocycles. The molecule has 0 aromatic heterocycles. The fourth-order valence-corrected chi connectivity index (χ4v) is 1.91. The summed E-state index contributed by atoms with van der Waals surface area (Å²) in [5.41, 5.74) is 2.99. The molecule has 0 aliphatic carbocycles.